The summed E-state index contributed by atoms with van der Waals surface area (Å²) < 4.78 is 0. The summed E-state index contributed by atoms with van der Waals surface area (Å²) in [5, 5.41) is 0. The van der Waals surface area contributed by atoms with Crippen LogP contribution in [0, 0.1) is 20.8 Å². The van der Waals surface area contributed by atoms with Crippen LogP contribution in [0.5, 0.6) is 0 Å². The Morgan fingerprint density at radius 3 is 2.22 bits per heavy atom. The quantitative estimate of drug-likeness (QED) is 0.519. The standard InChI is InChI=1S/C7H10N2/c1-5-4-8-6(2)7(3)9-5/h4H,1-3H3. The molecule has 0 aliphatic rings. The Balaban J connectivity index is 3.17. The number of rotatable bonds is 0. The topological polar surface area (TPSA) is 25.8 Å². The molecule has 0 saturated heterocycles. The first-order valence-electron chi connectivity index (χ1n) is 2.97. The van der Waals surface area contributed by atoms with Crippen molar-refractivity contribution in [1.29, 1.82) is 0 Å². The Bertz CT molecular complexity index is 218. The molecule has 0 amide bonds. The molecule has 0 fully saturated rings. The summed E-state index contributed by atoms with van der Waals surface area (Å²) >= 11 is 0. The first kappa shape index (κ1) is 6.20. The van der Waals surface area contributed by atoms with Crippen LogP contribution in [0.25, 0.3) is 0 Å². The molecule has 0 aromatic carbocycles. The van der Waals surface area contributed by atoms with Crippen molar-refractivity contribution in [3.05, 3.63) is 23.3 Å². The molecule has 0 radical (unpaired) electrons. The van der Waals surface area contributed by atoms with Crippen LogP contribution in [-0.2, 0) is 0 Å². The van der Waals surface area contributed by atoms with E-state index < -0.39 is 0 Å². The Morgan fingerprint density at radius 1 is 1.11 bits per heavy atom. The molecule has 1 rings (SSSR count). The minimum Gasteiger partial charge on any atom is -0.258 e. The Kier molecular flexibility index (Phi) is 1.47. The van der Waals surface area contributed by atoms with Crippen molar-refractivity contribution in [3.8, 4) is 0 Å². The molecule has 1 aromatic heterocycles. The number of nitrogens with zero attached hydrogens (tertiary/aromatic N) is 2. The molecule has 0 aliphatic heterocycles. The van der Waals surface area contributed by atoms with Crippen LogP contribution in [-0.4, -0.2) is 9.97 Å². The summed E-state index contributed by atoms with van der Waals surface area (Å²) in [6, 6.07) is 0. The SMILES string of the molecule is Cc1cnc(C)c(C)n1. The van der Waals surface area contributed by atoms with Crippen LogP contribution in [0.3, 0.4) is 0 Å². The zero-order chi connectivity index (χ0) is 6.85. The molecule has 0 spiro atoms. The van der Waals surface area contributed by atoms with Gasteiger partial charge in [0.1, 0.15) is 0 Å². The summed E-state index contributed by atoms with van der Waals surface area (Å²) in [5.41, 5.74) is 3.02. The number of aryl methyl sites for hydroxylation is 3. The van der Waals surface area contributed by atoms with Gasteiger partial charge in [-0.2, -0.15) is 0 Å². The molecule has 2 nitrogen and oxygen atoms in total. The lowest BCUT2D eigenvalue weighted by Crippen LogP contribution is -1.92. The van der Waals surface area contributed by atoms with Crippen molar-refractivity contribution < 1.29 is 0 Å². The fourth-order valence-corrected chi connectivity index (χ4v) is 0.658. The van der Waals surface area contributed by atoms with E-state index in [1.54, 1.807) is 6.20 Å². The first-order valence-corrected chi connectivity index (χ1v) is 2.97. The average Bonchev–Trinajstić information content (AvgIpc) is 1.80. The van der Waals surface area contributed by atoms with Crippen molar-refractivity contribution in [2.75, 3.05) is 0 Å². The third-order valence-corrected chi connectivity index (χ3v) is 1.31. The number of hydrogen-bond donors (Lipinski definition) is 0. The van der Waals surface area contributed by atoms with Gasteiger partial charge in [0, 0.05) is 6.20 Å². The first-order chi connectivity index (χ1) is 4.20. The zero-order valence-corrected chi connectivity index (χ0v) is 5.97. The monoisotopic (exact) mass is 122 g/mol. The normalized spacial score (nSPS) is 9.67. The van der Waals surface area contributed by atoms with Crippen LogP contribution in [0.1, 0.15) is 17.1 Å². The van der Waals surface area contributed by atoms with Gasteiger partial charge in [-0.3, -0.25) is 9.97 Å². The van der Waals surface area contributed by atoms with E-state index in [2.05, 4.69) is 9.97 Å². The van der Waals surface area contributed by atoms with Crippen LogP contribution < -0.4 is 0 Å². The minimum absolute atomic E-state index is 0.984. The molecule has 0 aliphatic carbocycles. The molecule has 0 unspecified atom stereocenters. The van der Waals surface area contributed by atoms with Gasteiger partial charge in [0.25, 0.3) is 0 Å². The lowest BCUT2D eigenvalue weighted by molar-refractivity contribution is 1.00. The van der Waals surface area contributed by atoms with Gasteiger partial charge in [0.15, 0.2) is 0 Å². The summed E-state index contributed by atoms with van der Waals surface area (Å²) in [6.45, 7) is 5.87. The number of hydrogen-bond acceptors (Lipinski definition) is 2. The molecule has 0 bridgehead atoms. The maximum atomic E-state index is 4.21. The number of aromatic nitrogens is 2. The molecule has 0 atom stereocenters. The lowest BCUT2D eigenvalue weighted by Gasteiger charge is -1.96. The predicted octanol–water partition coefficient (Wildman–Crippen LogP) is 1.40. The molecule has 2 heteroatoms. The molecule has 1 heterocycles. The molecule has 9 heavy (non-hydrogen) atoms. The van der Waals surface area contributed by atoms with E-state index in [1.807, 2.05) is 20.8 Å². The van der Waals surface area contributed by atoms with Crippen LogP contribution >= 0.6 is 0 Å². The zero-order valence-electron chi connectivity index (χ0n) is 5.97. The maximum Gasteiger partial charge on any atom is 0.0588 e. The third kappa shape index (κ3) is 1.25. The highest BCUT2D eigenvalue weighted by Crippen LogP contribution is 1.98. The average molecular weight is 122 g/mol. The van der Waals surface area contributed by atoms with Crippen molar-refractivity contribution in [2.45, 2.75) is 20.8 Å². The predicted molar refractivity (Wildman–Crippen MR) is 36.2 cm³/mol. The molecule has 0 N–H and O–H groups in total. The van der Waals surface area contributed by atoms with E-state index in [1.165, 1.54) is 0 Å². The Hall–Kier alpha value is -0.920. The van der Waals surface area contributed by atoms with Gasteiger partial charge in [-0.1, -0.05) is 0 Å². The lowest BCUT2D eigenvalue weighted by atomic mass is 10.3. The fourth-order valence-electron chi connectivity index (χ4n) is 0.658. The van der Waals surface area contributed by atoms with E-state index in [4.69, 9.17) is 0 Å². The van der Waals surface area contributed by atoms with Crippen LogP contribution in [0.4, 0.5) is 0 Å². The van der Waals surface area contributed by atoms with Crippen molar-refractivity contribution in [2.24, 2.45) is 0 Å². The van der Waals surface area contributed by atoms with E-state index in [0.29, 0.717) is 0 Å². The molecule has 0 saturated carbocycles. The van der Waals surface area contributed by atoms with Crippen molar-refractivity contribution in [1.82, 2.24) is 9.97 Å². The van der Waals surface area contributed by atoms with Gasteiger partial charge in [-0.25, -0.2) is 0 Å². The van der Waals surface area contributed by atoms with Crippen LogP contribution in [0.15, 0.2) is 6.20 Å². The third-order valence-electron chi connectivity index (χ3n) is 1.31. The van der Waals surface area contributed by atoms with E-state index >= 15 is 0 Å². The molecular weight excluding hydrogens is 112 g/mol. The molecule has 48 valence electrons. The van der Waals surface area contributed by atoms with Gasteiger partial charge < -0.3 is 0 Å². The summed E-state index contributed by atoms with van der Waals surface area (Å²) in [6.07, 6.45) is 1.78. The fraction of sp³-hybridized carbons (Fsp3) is 0.429. The van der Waals surface area contributed by atoms with E-state index in [-0.39, 0.29) is 0 Å². The van der Waals surface area contributed by atoms with E-state index in [0.717, 1.165) is 17.1 Å². The van der Waals surface area contributed by atoms with Crippen molar-refractivity contribution >= 4 is 0 Å². The van der Waals surface area contributed by atoms with E-state index in [9.17, 15) is 0 Å². The highest BCUT2D eigenvalue weighted by molar-refractivity contribution is 5.09. The minimum atomic E-state index is 0.984. The van der Waals surface area contributed by atoms with Gasteiger partial charge in [0.05, 0.1) is 17.1 Å². The summed E-state index contributed by atoms with van der Waals surface area (Å²) in [5.74, 6) is 0. The molecule has 1 aromatic rings. The van der Waals surface area contributed by atoms with Gasteiger partial charge in [-0.05, 0) is 20.8 Å². The summed E-state index contributed by atoms with van der Waals surface area (Å²) in [7, 11) is 0. The molecular formula is C7H10N2. The highest BCUT2D eigenvalue weighted by Gasteiger charge is 1.92. The second-order valence-electron chi connectivity index (χ2n) is 2.18. The highest BCUT2D eigenvalue weighted by atomic mass is 14.8. The largest absolute Gasteiger partial charge is 0.258 e. The van der Waals surface area contributed by atoms with Crippen LogP contribution in [0.2, 0.25) is 0 Å². The smallest absolute Gasteiger partial charge is 0.0588 e. The maximum absolute atomic E-state index is 4.21. The van der Waals surface area contributed by atoms with Gasteiger partial charge >= 0.3 is 0 Å². The van der Waals surface area contributed by atoms with Gasteiger partial charge in [0.2, 0.25) is 0 Å². The van der Waals surface area contributed by atoms with Crippen molar-refractivity contribution in [3.63, 3.8) is 0 Å². The second kappa shape index (κ2) is 2.13. The Labute approximate surface area is 55.0 Å². The summed E-state index contributed by atoms with van der Waals surface area (Å²) in [4.78, 5) is 8.33. The van der Waals surface area contributed by atoms with Gasteiger partial charge in [-0.15, -0.1) is 0 Å². The Morgan fingerprint density at radius 2 is 1.78 bits per heavy atom. The second-order valence-corrected chi connectivity index (χ2v) is 2.18.